The van der Waals surface area contributed by atoms with Crippen molar-refractivity contribution in [1.29, 1.82) is 0 Å². The molecule has 0 atom stereocenters. The molecule has 0 bridgehead atoms. The number of rotatable bonds is 0. The van der Waals surface area contributed by atoms with E-state index in [1.54, 1.807) is 14.1 Å². The molecule has 11 heavy (non-hydrogen) atoms. The Bertz CT molecular complexity index is 138. The molecule has 0 fully saturated rings. The van der Waals surface area contributed by atoms with E-state index >= 15 is 0 Å². The molecule has 0 heterocycles. The van der Waals surface area contributed by atoms with Gasteiger partial charge < -0.3 is 10.6 Å². The molecule has 6 heteroatoms. The Hall–Kier alpha value is 0.820. The number of halogens is 2. The molecule has 0 amide bonds. The van der Waals surface area contributed by atoms with Crippen LogP contribution in [0.1, 0.15) is 6.92 Å². The lowest BCUT2D eigenvalue weighted by Crippen LogP contribution is -2.35. The van der Waals surface area contributed by atoms with Crippen LogP contribution >= 0.6 is 49.4 Å². The molecule has 0 aliphatic rings. The number of aliphatic imine (C=N–C) groups is 1. The van der Waals surface area contributed by atoms with Crippen LogP contribution in [-0.4, -0.2) is 25.0 Å². The molecule has 0 unspecified atom stereocenters. The monoisotopic (exact) mass is 399 g/mol. The fraction of sp³-hybridized carbons (Fsp3) is 0.600. The Balaban J connectivity index is 0. The molecule has 0 saturated heterocycles. The van der Waals surface area contributed by atoms with Crippen LogP contribution in [0.2, 0.25) is 0 Å². The van der Waals surface area contributed by atoms with E-state index in [1.165, 1.54) is 0 Å². The van der Waals surface area contributed by atoms with Crippen LogP contribution in [0.3, 0.4) is 0 Å². The van der Waals surface area contributed by atoms with Crippen molar-refractivity contribution in [2.45, 2.75) is 6.92 Å². The zero-order chi connectivity index (χ0) is 9.28. The SMILES string of the molecule is CN=C(C)NC(=S)NC.II. The minimum Gasteiger partial charge on any atom is -0.365 e. The van der Waals surface area contributed by atoms with E-state index in [0.29, 0.717) is 5.11 Å². The zero-order valence-electron chi connectivity index (χ0n) is 6.61. The van der Waals surface area contributed by atoms with Gasteiger partial charge in [0.1, 0.15) is 0 Å². The number of hydrogen-bond donors (Lipinski definition) is 2. The van der Waals surface area contributed by atoms with Gasteiger partial charge in [-0.2, -0.15) is 0 Å². The summed E-state index contributed by atoms with van der Waals surface area (Å²) in [5.74, 6) is 0.814. The smallest absolute Gasteiger partial charge is 0.171 e. The maximum absolute atomic E-state index is 4.79. The maximum atomic E-state index is 4.79. The predicted octanol–water partition coefficient (Wildman–Crippen LogP) is 1.90. The van der Waals surface area contributed by atoms with Crippen LogP contribution < -0.4 is 10.6 Å². The first-order valence-electron chi connectivity index (χ1n) is 2.77. The Labute approximate surface area is 96.1 Å². The lowest BCUT2D eigenvalue weighted by atomic mass is 10.7. The van der Waals surface area contributed by atoms with Crippen molar-refractivity contribution in [3.05, 3.63) is 0 Å². The Kier molecular flexibility index (Phi) is 14.1. The first-order valence-corrected chi connectivity index (χ1v) is 9.46. The normalized spacial score (nSPS) is 9.36. The molecule has 0 aromatic carbocycles. The van der Waals surface area contributed by atoms with E-state index in [-0.39, 0.29) is 0 Å². The van der Waals surface area contributed by atoms with Crippen LogP contribution in [-0.2, 0) is 0 Å². The number of nitrogens with zero attached hydrogens (tertiary/aromatic N) is 1. The minimum absolute atomic E-state index is 0.595. The molecule has 0 aromatic heterocycles. The third-order valence-corrected chi connectivity index (χ3v) is 1.16. The quantitative estimate of drug-likeness (QED) is 0.283. The number of thiocarbonyl (C=S) groups is 1. The third kappa shape index (κ3) is 10.8. The summed E-state index contributed by atoms with van der Waals surface area (Å²) in [5, 5.41) is 6.21. The Morgan fingerprint density at radius 2 is 1.91 bits per heavy atom. The van der Waals surface area contributed by atoms with E-state index < -0.39 is 0 Å². The molecular weight excluding hydrogens is 388 g/mol. The summed E-state index contributed by atoms with van der Waals surface area (Å²) in [4.78, 5) is 3.85. The van der Waals surface area contributed by atoms with Gasteiger partial charge in [0.15, 0.2) is 5.11 Å². The highest BCUT2D eigenvalue weighted by atomic mass is 128. The average Bonchev–Trinajstić information content (AvgIpc) is 2.07. The third-order valence-electron chi connectivity index (χ3n) is 0.857. The second-order valence-electron chi connectivity index (χ2n) is 1.51. The van der Waals surface area contributed by atoms with Gasteiger partial charge in [0, 0.05) is 51.3 Å². The van der Waals surface area contributed by atoms with Gasteiger partial charge in [-0.3, -0.25) is 4.99 Å². The van der Waals surface area contributed by atoms with Crippen molar-refractivity contribution < 1.29 is 0 Å². The van der Waals surface area contributed by atoms with Gasteiger partial charge in [-0.25, -0.2) is 0 Å². The van der Waals surface area contributed by atoms with E-state index in [0.717, 1.165) is 5.84 Å². The van der Waals surface area contributed by atoms with Crippen LogP contribution in [0.25, 0.3) is 0 Å². The van der Waals surface area contributed by atoms with Gasteiger partial charge in [0.25, 0.3) is 0 Å². The minimum atomic E-state index is 0.595. The molecule has 0 radical (unpaired) electrons. The van der Waals surface area contributed by atoms with Crippen molar-refractivity contribution in [1.82, 2.24) is 10.6 Å². The van der Waals surface area contributed by atoms with E-state index in [4.69, 9.17) is 12.2 Å². The van der Waals surface area contributed by atoms with Crippen molar-refractivity contribution in [2.24, 2.45) is 4.99 Å². The predicted molar refractivity (Wildman–Crippen MR) is 71.9 cm³/mol. The van der Waals surface area contributed by atoms with Crippen molar-refractivity contribution in [3.8, 4) is 0 Å². The number of hydrogen-bond acceptors (Lipinski definition) is 2. The lowest BCUT2D eigenvalue weighted by molar-refractivity contribution is 1.12. The lowest BCUT2D eigenvalue weighted by Gasteiger charge is -2.03. The fourth-order valence-corrected chi connectivity index (χ4v) is 0.430. The summed E-state index contributed by atoms with van der Waals surface area (Å²) in [5.41, 5.74) is 0. The van der Waals surface area contributed by atoms with Gasteiger partial charge >= 0.3 is 0 Å². The molecule has 66 valence electrons. The molecule has 0 rings (SSSR count). The second-order valence-corrected chi connectivity index (χ2v) is 1.92. The summed E-state index contributed by atoms with van der Waals surface area (Å²) in [6.07, 6.45) is 0. The fourth-order valence-electron chi connectivity index (χ4n) is 0.283. The largest absolute Gasteiger partial charge is 0.365 e. The van der Waals surface area contributed by atoms with Gasteiger partial charge in [-0.1, -0.05) is 0 Å². The summed E-state index contributed by atoms with van der Waals surface area (Å²) in [6.45, 7) is 1.85. The first kappa shape index (κ1) is 14.3. The zero-order valence-corrected chi connectivity index (χ0v) is 11.7. The Morgan fingerprint density at radius 1 is 1.45 bits per heavy atom. The Morgan fingerprint density at radius 3 is 2.18 bits per heavy atom. The van der Waals surface area contributed by atoms with Crippen LogP contribution in [0.15, 0.2) is 4.99 Å². The van der Waals surface area contributed by atoms with Crippen LogP contribution in [0, 0.1) is 0 Å². The van der Waals surface area contributed by atoms with E-state index in [1.807, 2.05) is 6.92 Å². The van der Waals surface area contributed by atoms with Gasteiger partial charge in [0.05, 0.1) is 5.84 Å². The van der Waals surface area contributed by atoms with E-state index in [2.05, 4.69) is 52.9 Å². The molecular formula is C5H11I2N3S. The highest BCUT2D eigenvalue weighted by Crippen LogP contribution is 1.89. The topological polar surface area (TPSA) is 36.4 Å². The molecule has 0 spiro atoms. The number of amidine groups is 1. The van der Waals surface area contributed by atoms with Crippen molar-refractivity contribution >= 4 is 60.4 Å². The molecule has 3 nitrogen and oxygen atoms in total. The van der Waals surface area contributed by atoms with Gasteiger partial charge in [0.2, 0.25) is 0 Å². The summed E-state index contributed by atoms with van der Waals surface area (Å²) >= 11 is 9.03. The van der Waals surface area contributed by atoms with Crippen LogP contribution in [0.4, 0.5) is 0 Å². The molecule has 0 aliphatic heterocycles. The average molecular weight is 399 g/mol. The highest BCUT2D eigenvalue weighted by molar-refractivity contribution is 15.0. The second kappa shape index (κ2) is 10.8. The van der Waals surface area contributed by atoms with Crippen molar-refractivity contribution in [2.75, 3.05) is 14.1 Å². The molecule has 0 aliphatic carbocycles. The molecule has 0 saturated carbocycles. The standard InChI is InChI=1S/C5H11N3S.I2/c1-4(6-2)8-5(9)7-3;1-2/h1-3H3,(H2,6,7,8,9);. The van der Waals surface area contributed by atoms with Crippen molar-refractivity contribution in [3.63, 3.8) is 0 Å². The maximum Gasteiger partial charge on any atom is 0.171 e. The summed E-state index contributed by atoms with van der Waals surface area (Å²) in [6, 6.07) is 0. The summed E-state index contributed by atoms with van der Waals surface area (Å²) in [7, 11) is 3.47. The summed E-state index contributed by atoms with van der Waals surface area (Å²) < 4.78 is 0. The van der Waals surface area contributed by atoms with E-state index in [9.17, 15) is 0 Å². The molecule has 0 aromatic rings. The highest BCUT2D eigenvalue weighted by Gasteiger charge is 1.89. The van der Waals surface area contributed by atoms with Gasteiger partial charge in [-0.05, 0) is 19.1 Å². The van der Waals surface area contributed by atoms with Gasteiger partial charge in [-0.15, -0.1) is 0 Å². The first-order chi connectivity index (χ1) is 5.20. The molecule has 2 N–H and O–H groups in total. The number of nitrogens with one attached hydrogen (secondary N) is 2. The van der Waals surface area contributed by atoms with Crippen LogP contribution in [0.5, 0.6) is 0 Å².